The molecule has 2 N–H and O–H groups in total. The zero-order valence-corrected chi connectivity index (χ0v) is 9.02. The van der Waals surface area contributed by atoms with E-state index in [0.29, 0.717) is 0 Å². The molecule has 1 rings (SSSR count). The molecular weight excluding hydrogens is 253 g/mol. The van der Waals surface area contributed by atoms with Crippen LogP contribution in [0.4, 0.5) is 0 Å². The van der Waals surface area contributed by atoms with Crippen LogP contribution in [0.3, 0.4) is 0 Å². The van der Waals surface area contributed by atoms with Gasteiger partial charge in [-0.05, 0) is 6.42 Å². The highest BCUT2D eigenvalue weighted by atomic mass is 127. The topological polar surface area (TPSA) is 34.8 Å². The molecule has 0 amide bonds. The second-order valence-electron chi connectivity index (χ2n) is 2.50. The minimum absolute atomic E-state index is 0. The van der Waals surface area contributed by atoms with Crippen LogP contribution in [0.15, 0.2) is 18.7 Å². The summed E-state index contributed by atoms with van der Waals surface area (Å²) in [6.45, 7) is 2.07. The molecule has 0 bridgehead atoms. The molecular formula is C7H14IN3. The lowest BCUT2D eigenvalue weighted by Gasteiger charge is -2.01. The standard InChI is InChI=1S/C7H14N3.HI/c1-3-7(8)10-5-4-9(2)6-10;/h4-7H,3,8H2,1-2H3;1H/q+1;/p-1. The molecule has 0 saturated carbocycles. The fraction of sp³-hybridized carbons (Fsp3) is 0.571. The van der Waals surface area contributed by atoms with Gasteiger partial charge in [0.1, 0.15) is 18.6 Å². The van der Waals surface area contributed by atoms with Gasteiger partial charge >= 0.3 is 0 Å². The van der Waals surface area contributed by atoms with E-state index in [-0.39, 0.29) is 30.1 Å². The van der Waals surface area contributed by atoms with E-state index >= 15 is 0 Å². The quantitative estimate of drug-likeness (QED) is 0.455. The van der Waals surface area contributed by atoms with Crippen LogP contribution >= 0.6 is 0 Å². The molecule has 1 heterocycles. The zero-order valence-electron chi connectivity index (χ0n) is 6.87. The van der Waals surface area contributed by atoms with E-state index in [9.17, 15) is 0 Å². The molecule has 1 unspecified atom stereocenters. The first-order valence-electron chi connectivity index (χ1n) is 3.52. The average Bonchev–Trinajstić information content (AvgIpc) is 2.34. The summed E-state index contributed by atoms with van der Waals surface area (Å²) < 4.78 is 3.98. The summed E-state index contributed by atoms with van der Waals surface area (Å²) in [6, 6.07) is 0. The minimum Gasteiger partial charge on any atom is -1.00 e. The lowest BCUT2D eigenvalue weighted by Crippen LogP contribution is -3.00. The van der Waals surface area contributed by atoms with Crippen LogP contribution in [0.25, 0.3) is 0 Å². The molecule has 1 atom stereocenters. The van der Waals surface area contributed by atoms with Crippen molar-refractivity contribution in [2.24, 2.45) is 12.8 Å². The van der Waals surface area contributed by atoms with Crippen molar-refractivity contribution in [2.75, 3.05) is 0 Å². The van der Waals surface area contributed by atoms with Gasteiger partial charge in [0.2, 0.25) is 6.33 Å². The Bertz CT molecular complexity index is 209. The van der Waals surface area contributed by atoms with Gasteiger partial charge in [0, 0.05) is 0 Å². The molecule has 4 heteroatoms. The van der Waals surface area contributed by atoms with Gasteiger partial charge in [-0.1, -0.05) is 6.92 Å². The van der Waals surface area contributed by atoms with Crippen molar-refractivity contribution >= 4 is 0 Å². The summed E-state index contributed by atoms with van der Waals surface area (Å²) in [5, 5.41) is 0. The van der Waals surface area contributed by atoms with Gasteiger partial charge in [-0.15, -0.1) is 0 Å². The number of aryl methyl sites for hydroxylation is 1. The summed E-state index contributed by atoms with van der Waals surface area (Å²) in [4.78, 5) is 0. The van der Waals surface area contributed by atoms with E-state index in [2.05, 4.69) is 6.92 Å². The van der Waals surface area contributed by atoms with Gasteiger partial charge in [0.25, 0.3) is 0 Å². The van der Waals surface area contributed by atoms with Gasteiger partial charge in [-0.2, -0.15) is 0 Å². The molecule has 1 aromatic rings. The summed E-state index contributed by atoms with van der Waals surface area (Å²) in [5.74, 6) is 0. The van der Waals surface area contributed by atoms with Crippen LogP contribution in [-0.2, 0) is 7.05 Å². The first-order chi connectivity index (χ1) is 4.74. The first-order valence-corrected chi connectivity index (χ1v) is 3.52. The number of imidazole rings is 1. The highest BCUT2D eigenvalue weighted by Gasteiger charge is 2.06. The highest BCUT2D eigenvalue weighted by Crippen LogP contribution is 1.99. The van der Waals surface area contributed by atoms with E-state index < -0.39 is 0 Å². The number of halogens is 1. The molecule has 0 spiro atoms. The Balaban J connectivity index is 0.000001000. The third-order valence-corrected chi connectivity index (χ3v) is 1.59. The molecule has 64 valence electrons. The van der Waals surface area contributed by atoms with Crippen molar-refractivity contribution in [3.63, 3.8) is 0 Å². The Morgan fingerprint density at radius 1 is 1.64 bits per heavy atom. The summed E-state index contributed by atoms with van der Waals surface area (Å²) in [7, 11) is 1.98. The highest BCUT2D eigenvalue weighted by molar-refractivity contribution is 4.70. The molecule has 11 heavy (non-hydrogen) atoms. The molecule has 0 aliphatic rings. The van der Waals surface area contributed by atoms with Crippen LogP contribution in [0, 0.1) is 0 Å². The van der Waals surface area contributed by atoms with E-state index in [1.54, 1.807) is 0 Å². The Morgan fingerprint density at radius 3 is 2.64 bits per heavy atom. The maximum Gasteiger partial charge on any atom is 0.244 e. The molecule has 0 aliphatic carbocycles. The zero-order chi connectivity index (χ0) is 7.56. The third-order valence-electron chi connectivity index (χ3n) is 1.59. The van der Waals surface area contributed by atoms with Gasteiger partial charge in [0.15, 0.2) is 0 Å². The third kappa shape index (κ3) is 2.78. The van der Waals surface area contributed by atoms with Gasteiger partial charge in [0.05, 0.1) is 7.05 Å². The summed E-state index contributed by atoms with van der Waals surface area (Å²) >= 11 is 0. The predicted molar refractivity (Wildman–Crippen MR) is 39.1 cm³/mol. The fourth-order valence-electron chi connectivity index (χ4n) is 0.876. The number of rotatable bonds is 2. The van der Waals surface area contributed by atoms with Crippen molar-refractivity contribution in [1.82, 2.24) is 4.57 Å². The molecule has 0 radical (unpaired) electrons. The maximum absolute atomic E-state index is 5.76. The van der Waals surface area contributed by atoms with E-state index in [0.717, 1.165) is 6.42 Å². The fourth-order valence-corrected chi connectivity index (χ4v) is 0.876. The second-order valence-corrected chi connectivity index (χ2v) is 2.50. The number of nitrogens with zero attached hydrogens (tertiary/aromatic N) is 2. The van der Waals surface area contributed by atoms with Gasteiger partial charge < -0.3 is 24.0 Å². The molecule has 3 nitrogen and oxygen atoms in total. The normalized spacial score (nSPS) is 12.3. The SMILES string of the molecule is CCC(N)n1cc[n+](C)c1.[I-]. The number of aromatic nitrogens is 2. The van der Waals surface area contributed by atoms with Crippen LogP contribution in [0.1, 0.15) is 19.5 Å². The van der Waals surface area contributed by atoms with Crippen LogP contribution in [-0.4, -0.2) is 4.57 Å². The smallest absolute Gasteiger partial charge is 0.244 e. The largest absolute Gasteiger partial charge is 1.00 e. The average molecular weight is 267 g/mol. The Hall–Kier alpha value is -0.100. The van der Waals surface area contributed by atoms with Crippen molar-refractivity contribution < 1.29 is 28.5 Å². The molecule has 0 fully saturated rings. The summed E-state index contributed by atoms with van der Waals surface area (Å²) in [5.41, 5.74) is 5.76. The van der Waals surface area contributed by atoms with Crippen molar-refractivity contribution in [1.29, 1.82) is 0 Å². The maximum atomic E-state index is 5.76. The van der Waals surface area contributed by atoms with E-state index in [1.807, 2.05) is 34.9 Å². The summed E-state index contributed by atoms with van der Waals surface area (Å²) in [6.07, 6.45) is 7.04. The van der Waals surface area contributed by atoms with Crippen LogP contribution < -0.4 is 34.3 Å². The molecule has 1 aromatic heterocycles. The Labute approximate surface area is 84.2 Å². The first kappa shape index (κ1) is 10.9. The monoisotopic (exact) mass is 267 g/mol. The Morgan fingerprint density at radius 2 is 2.27 bits per heavy atom. The van der Waals surface area contributed by atoms with E-state index in [4.69, 9.17) is 5.73 Å². The van der Waals surface area contributed by atoms with Crippen molar-refractivity contribution in [3.8, 4) is 0 Å². The van der Waals surface area contributed by atoms with Crippen LogP contribution in [0.2, 0.25) is 0 Å². The molecule has 0 aromatic carbocycles. The number of hydrogen-bond acceptors (Lipinski definition) is 1. The molecule has 0 aliphatic heterocycles. The predicted octanol–water partition coefficient (Wildman–Crippen LogP) is -2.82. The minimum atomic E-state index is 0. The van der Waals surface area contributed by atoms with Gasteiger partial charge in [-0.3, -0.25) is 5.73 Å². The van der Waals surface area contributed by atoms with Crippen molar-refractivity contribution in [3.05, 3.63) is 18.7 Å². The number of nitrogens with two attached hydrogens (primary N) is 1. The molecule has 0 saturated heterocycles. The van der Waals surface area contributed by atoms with Crippen LogP contribution in [0.5, 0.6) is 0 Å². The van der Waals surface area contributed by atoms with Gasteiger partial charge in [-0.25, -0.2) is 9.13 Å². The van der Waals surface area contributed by atoms with Crippen molar-refractivity contribution in [2.45, 2.75) is 19.5 Å². The van der Waals surface area contributed by atoms with E-state index in [1.165, 1.54) is 0 Å². The lowest BCUT2D eigenvalue weighted by atomic mass is 10.4. The second kappa shape index (κ2) is 4.71. The lowest BCUT2D eigenvalue weighted by molar-refractivity contribution is -0.671. The number of hydrogen-bond donors (Lipinski definition) is 1. The Kier molecular flexibility index (Phi) is 4.67.